The van der Waals surface area contributed by atoms with Gasteiger partial charge in [-0.15, -0.1) is 0 Å². The summed E-state index contributed by atoms with van der Waals surface area (Å²) in [7, 11) is -3.86. The molecule has 144 valence electrons. The smallest absolute Gasteiger partial charge is 0.261 e. The molecular formula is C21H19ClN2O3S. The van der Waals surface area contributed by atoms with Crippen LogP contribution in [0.1, 0.15) is 28.9 Å². The molecule has 0 heterocycles. The molecule has 0 bridgehead atoms. The predicted octanol–water partition coefficient (Wildman–Crippen LogP) is 4.63. The molecule has 0 radical (unpaired) electrons. The minimum atomic E-state index is -3.86. The summed E-state index contributed by atoms with van der Waals surface area (Å²) in [6.07, 6.45) is 0. The second-order valence-corrected chi connectivity index (χ2v) is 8.33. The number of para-hydroxylation sites is 1. The van der Waals surface area contributed by atoms with Crippen molar-refractivity contribution in [2.75, 3.05) is 4.72 Å². The van der Waals surface area contributed by atoms with Crippen molar-refractivity contribution < 1.29 is 13.2 Å². The van der Waals surface area contributed by atoms with Gasteiger partial charge in [0.15, 0.2) is 0 Å². The fourth-order valence-electron chi connectivity index (χ4n) is 2.69. The molecular weight excluding hydrogens is 396 g/mol. The third-order valence-corrected chi connectivity index (χ3v) is 5.82. The highest BCUT2D eigenvalue weighted by atomic mass is 35.5. The SMILES string of the molecule is CC(NC(=O)c1ccccc1NS(=O)(=O)c1ccc(Cl)cc1)c1ccccc1. The number of carbonyl (C=O) groups is 1. The highest BCUT2D eigenvalue weighted by Gasteiger charge is 2.19. The highest BCUT2D eigenvalue weighted by molar-refractivity contribution is 7.92. The van der Waals surface area contributed by atoms with E-state index in [1.807, 2.05) is 37.3 Å². The Hall–Kier alpha value is -2.83. The maximum absolute atomic E-state index is 12.8. The minimum absolute atomic E-state index is 0.0600. The van der Waals surface area contributed by atoms with Crippen LogP contribution in [0.25, 0.3) is 0 Å². The van der Waals surface area contributed by atoms with Crippen LogP contribution in [-0.4, -0.2) is 14.3 Å². The van der Waals surface area contributed by atoms with Gasteiger partial charge in [0.05, 0.1) is 22.2 Å². The maximum atomic E-state index is 12.8. The van der Waals surface area contributed by atoms with E-state index in [1.54, 1.807) is 24.3 Å². The Morgan fingerprint density at radius 1 is 0.893 bits per heavy atom. The molecule has 1 unspecified atom stereocenters. The van der Waals surface area contributed by atoms with Crippen molar-refractivity contribution in [1.29, 1.82) is 0 Å². The number of anilines is 1. The van der Waals surface area contributed by atoms with Gasteiger partial charge in [-0.1, -0.05) is 54.1 Å². The van der Waals surface area contributed by atoms with Crippen LogP contribution < -0.4 is 10.0 Å². The minimum Gasteiger partial charge on any atom is -0.345 e. The number of hydrogen-bond acceptors (Lipinski definition) is 3. The maximum Gasteiger partial charge on any atom is 0.261 e. The van der Waals surface area contributed by atoms with Crippen LogP contribution in [0.5, 0.6) is 0 Å². The molecule has 0 spiro atoms. The lowest BCUT2D eigenvalue weighted by Crippen LogP contribution is -2.28. The van der Waals surface area contributed by atoms with Gasteiger partial charge >= 0.3 is 0 Å². The van der Waals surface area contributed by atoms with Gasteiger partial charge in [0, 0.05) is 5.02 Å². The van der Waals surface area contributed by atoms with E-state index in [0.717, 1.165) is 5.56 Å². The summed E-state index contributed by atoms with van der Waals surface area (Å²) in [5, 5.41) is 3.33. The molecule has 0 aliphatic carbocycles. The summed E-state index contributed by atoms with van der Waals surface area (Å²) in [6.45, 7) is 1.87. The molecule has 3 aromatic rings. The number of rotatable bonds is 6. The average Bonchev–Trinajstić information content (AvgIpc) is 2.69. The molecule has 3 aromatic carbocycles. The lowest BCUT2D eigenvalue weighted by molar-refractivity contribution is 0.0941. The van der Waals surface area contributed by atoms with Crippen molar-refractivity contribution in [2.24, 2.45) is 0 Å². The first-order valence-corrected chi connectivity index (χ1v) is 10.5. The third-order valence-electron chi connectivity index (χ3n) is 4.19. The topological polar surface area (TPSA) is 75.3 Å². The molecule has 0 aromatic heterocycles. The molecule has 0 fully saturated rings. The van der Waals surface area contributed by atoms with E-state index in [1.165, 1.54) is 24.3 Å². The van der Waals surface area contributed by atoms with Gasteiger partial charge in [-0.05, 0) is 48.9 Å². The highest BCUT2D eigenvalue weighted by Crippen LogP contribution is 2.22. The first kappa shape index (κ1) is 19.9. The van der Waals surface area contributed by atoms with Crippen LogP contribution in [0.15, 0.2) is 83.8 Å². The number of amides is 1. The fourth-order valence-corrected chi connectivity index (χ4v) is 3.89. The monoisotopic (exact) mass is 414 g/mol. The normalized spacial score (nSPS) is 12.2. The average molecular weight is 415 g/mol. The van der Waals surface area contributed by atoms with Gasteiger partial charge in [0.1, 0.15) is 0 Å². The van der Waals surface area contributed by atoms with E-state index in [2.05, 4.69) is 10.0 Å². The van der Waals surface area contributed by atoms with Crippen LogP contribution in [0.3, 0.4) is 0 Å². The molecule has 28 heavy (non-hydrogen) atoms. The van der Waals surface area contributed by atoms with E-state index in [0.29, 0.717) is 5.02 Å². The summed E-state index contributed by atoms with van der Waals surface area (Å²) < 4.78 is 27.8. The quantitative estimate of drug-likeness (QED) is 0.617. The van der Waals surface area contributed by atoms with E-state index in [9.17, 15) is 13.2 Å². The van der Waals surface area contributed by atoms with Crippen molar-refractivity contribution >= 4 is 33.2 Å². The molecule has 1 atom stereocenters. The Labute approximate surface area is 169 Å². The molecule has 2 N–H and O–H groups in total. The molecule has 5 nitrogen and oxygen atoms in total. The number of hydrogen-bond donors (Lipinski definition) is 2. The number of carbonyl (C=O) groups excluding carboxylic acids is 1. The van der Waals surface area contributed by atoms with Crippen LogP contribution in [0.2, 0.25) is 5.02 Å². The van der Waals surface area contributed by atoms with E-state index >= 15 is 0 Å². The fraction of sp³-hybridized carbons (Fsp3) is 0.0952. The van der Waals surface area contributed by atoms with E-state index < -0.39 is 10.0 Å². The standard InChI is InChI=1S/C21H19ClN2O3S/c1-15(16-7-3-2-4-8-16)23-21(25)19-9-5-6-10-20(19)24-28(26,27)18-13-11-17(22)12-14-18/h2-15,24H,1H3,(H,23,25). The zero-order valence-corrected chi connectivity index (χ0v) is 16.7. The van der Waals surface area contributed by atoms with Gasteiger partial charge in [0.25, 0.3) is 15.9 Å². The van der Waals surface area contributed by atoms with Gasteiger partial charge in [0.2, 0.25) is 0 Å². The van der Waals surface area contributed by atoms with Crippen LogP contribution in [0, 0.1) is 0 Å². The number of sulfonamides is 1. The molecule has 7 heteroatoms. The number of nitrogens with one attached hydrogen (secondary N) is 2. The van der Waals surface area contributed by atoms with E-state index in [-0.39, 0.29) is 28.1 Å². The Kier molecular flexibility index (Phi) is 6.02. The van der Waals surface area contributed by atoms with Gasteiger partial charge in [-0.25, -0.2) is 8.42 Å². The second-order valence-electron chi connectivity index (χ2n) is 6.21. The van der Waals surface area contributed by atoms with Crippen molar-refractivity contribution in [2.45, 2.75) is 17.9 Å². The first-order valence-electron chi connectivity index (χ1n) is 8.60. The largest absolute Gasteiger partial charge is 0.345 e. The summed E-state index contributed by atoms with van der Waals surface area (Å²) in [5.41, 5.74) is 1.40. The second kappa shape index (κ2) is 8.46. The zero-order valence-electron chi connectivity index (χ0n) is 15.1. The Morgan fingerprint density at radius 2 is 1.50 bits per heavy atom. The van der Waals surface area contributed by atoms with Gasteiger partial charge < -0.3 is 5.32 Å². The summed E-state index contributed by atoms with van der Waals surface area (Å²) >= 11 is 5.82. The summed E-state index contributed by atoms with van der Waals surface area (Å²) in [6, 6.07) is 21.6. The predicted molar refractivity (Wildman–Crippen MR) is 111 cm³/mol. The van der Waals surface area contributed by atoms with Crippen LogP contribution in [-0.2, 0) is 10.0 Å². The van der Waals surface area contributed by atoms with Gasteiger partial charge in [-0.3, -0.25) is 9.52 Å². The molecule has 1 amide bonds. The van der Waals surface area contributed by atoms with Crippen molar-refractivity contribution in [3.63, 3.8) is 0 Å². The lowest BCUT2D eigenvalue weighted by atomic mass is 10.1. The van der Waals surface area contributed by atoms with Crippen molar-refractivity contribution in [3.05, 3.63) is 95.0 Å². The van der Waals surface area contributed by atoms with Crippen LogP contribution >= 0.6 is 11.6 Å². The van der Waals surface area contributed by atoms with Crippen molar-refractivity contribution in [3.8, 4) is 0 Å². The Morgan fingerprint density at radius 3 is 2.18 bits per heavy atom. The number of benzene rings is 3. The first-order chi connectivity index (χ1) is 13.4. The van der Waals surface area contributed by atoms with Gasteiger partial charge in [-0.2, -0.15) is 0 Å². The third kappa shape index (κ3) is 4.71. The molecule has 0 aliphatic heterocycles. The Balaban J connectivity index is 1.83. The number of halogens is 1. The van der Waals surface area contributed by atoms with Crippen LogP contribution in [0.4, 0.5) is 5.69 Å². The summed E-state index contributed by atoms with van der Waals surface area (Å²) in [4.78, 5) is 12.8. The molecule has 0 saturated carbocycles. The molecule has 0 aliphatic rings. The van der Waals surface area contributed by atoms with E-state index in [4.69, 9.17) is 11.6 Å². The molecule has 3 rings (SSSR count). The summed E-state index contributed by atoms with van der Waals surface area (Å²) in [5.74, 6) is -0.370. The Bertz CT molecular complexity index is 1070. The molecule has 0 saturated heterocycles. The lowest BCUT2D eigenvalue weighted by Gasteiger charge is -2.17. The zero-order chi connectivity index (χ0) is 20.1. The van der Waals surface area contributed by atoms with Crippen molar-refractivity contribution in [1.82, 2.24) is 5.32 Å².